The van der Waals surface area contributed by atoms with Crippen LogP contribution in [0.15, 0.2) is 0 Å². The summed E-state index contributed by atoms with van der Waals surface area (Å²) in [4.78, 5) is 11.9. The van der Waals surface area contributed by atoms with E-state index in [-0.39, 0.29) is 11.3 Å². The highest BCUT2D eigenvalue weighted by Gasteiger charge is 2.48. The molecule has 1 aliphatic rings. The summed E-state index contributed by atoms with van der Waals surface area (Å²) < 4.78 is 0. The molecule has 16 heavy (non-hydrogen) atoms. The average Bonchev–Trinajstić information content (AvgIpc) is 2.10. The molecule has 0 radical (unpaired) electrons. The minimum absolute atomic E-state index is 0.0719. The molecule has 90 valence electrons. The molecule has 1 N–H and O–H groups in total. The van der Waals surface area contributed by atoms with E-state index in [0.717, 1.165) is 6.42 Å². The SMILES string of the molecule is CC1CC(C#N)(C(=O)NCCC(C)(C)C)C1. The van der Waals surface area contributed by atoms with E-state index in [1.54, 1.807) is 0 Å². The fourth-order valence-electron chi connectivity index (χ4n) is 2.18. The van der Waals surface area contributed by atoms with Gasteiger partial charge in [0.25, 0.3) is 0 Å². The Morgan fingerprint density at radius 2 is 2.06 bits per heavy atom. The summed E-state index contributed by atoms with van der Waals surface area (Å²) in [7, 11) is 0. The Hall–Kier alpha value is -1.04. The van der Waals surface area contributed by atoms with Crippen LogP contribution in [0.25, 0.3) is 0 Å². The van der Waals surface area contributed by atoms with E-state index in [1.165, 1.54) is 0 Å². The van der Waals surface area contributed by atoms with Gasteiger partial charge in [-0.15, -0.1) is 0 Å². The van der Waals surface area contributed by atoms with Crippen molar-refractivity contribution in [2.45, 2.75) is 47.0 Å². The maximum Gasteiger partial charge on any atom is 0.240 e. The predicted octanol–water partition coefficient (Wildman–Crippen LogP) is 2.48. The molecule has 1 amide bonds. The Labute approximate surface area is 98.2 Å². The Morgan fingerprint density at radius 3 is 2.44 bits per heavy atom. The highest BCUT2D eigenvalue weighted by molar-refractivity contribution is 5.86. The largest absolute Gasteiger partial charge is 0.355 e. The van der Waals surface area contributed by atoms with Crippen molar-refractivity contribution >= 4 is 5.91 Å². The fourth-order valence-corrected chi connectivity index (χ4v) is 2.18. The molecular weight excluding hydrogens is 200 g/mol. The molecule has 0 atom stereocenters. The third kappa shape index (κ3) is 2.98. The van der Waals surface area contributed by atoms with Gasteiger partial charge in [-0.1, -0.05) is 27.7 Å². The fraction of sp³-hybridized carbons (Fsp3) is 0.846. The number of hydrogen-bond acceptors (Lipinski definition) is 2. The van der Waals surface area contributed by atoms with E-state index >= 15 is 0 Å². The Bertz CT molecular complexity index is 303. The summed E-state index contributed by atoms with van der Waals surface area (Å²) in [6.45, 7) is 9.18. The van der Waals surface area contributed by atoms with Crippen molar-refractivity contribution < 1.29 is 4.79 Å². The molecule has 0 saturated heterocycles. The van der Waals surface area contributed by atoms with E-state index in [4.69, 9.17) is 5.26 Å². The molecule has 0 aromatic carbocycles. The summed E-state index contributed by atoms with van der Waals surface area (Å²) in [5, 5.41) is 12.0. The standard InChI is InChI=1S/C13H22N2O/c1-10-7-13(8-10,9-14)11(16)15-6-5-12(2,3)4/h10H,5-8H2,1-4H3,(H,15,16). The lowest BCUT2D eigenvalue weighted by Crippen LogP contribution is -2.48. The summed E-state index contributed by atoms with van der Waals surface area (Å²) in [6, 6.07) is 2.18. The van der Waals surface area contributed by atoms with Crippen molar-refractivity contribution in [3.05, 3.63) is 0 Å². The lowest BCUT2D eigenvalue weighted by atomic mass is 9.63. The topological polar surface area (TPSA) is 52.9 Å². The van der Waals surface area contributed by atoms with Gasteiger partial charge in [-0.2, -0.15) is 5.26 Å². The lowest BCUT2D eigenvalue weighted by molar-refractivity contribution is -0.134. The number of carbonyl (C=O) groups is 1. The third-order valence-electron chi connectivity index (χ3n) is 3.20. The van der Waals surface area contributed by atoms with Crippen molar-refractivity contribution in [3.8, 4) is 6.07 Å². The van der Waals surface area contributed by atoms with Gasteiger partial charge in [-0.3, -0.25) is 4.79 Å². The minimum atomic E-state index is -0.725. The summed E-state index contributed by atoms with van der Waals surface area (Å²) in [5.74, 6) is 0.436. The highest BCUT2D eigenvalue weighted by atomic mass is 16.2. The van der Waals surface area contributed by atoms with Crippen LogP contribution < -0.4 is 5.32 Å². The van der Waals surface area contributed by atoms with Gasteiger partial charge < -0.3 is 5.32 Å². The Kier molecular flexibility index (Phi) is 3.62. The number of nitrogens with zero attached hydrogens (tertiary/aromatic N) is 1. The number of amides is 1. The van der Waals surface area contributed by atoms with Gasteiger partial charge in [0.2, 0.25) is 5.91 Å². The zero-order valence-electron chi connectivity index (χ0n) is 10.8. The maximum atomic E-state index is 11.9. The van der Waals surface area contributed by atoms with Crippen LogP contribution in [0.1, 0.15) is 47.0 Å². The minimum Gasteiger partial charge on any atom is -0.355 e. The van der Waals surface area contributed by atoms with E-state index in [1.807, 2.05) is 0 Å². The quantitative estimate of drug-likeness (QED) is 0.797. The van der Waals surface area contributed by atoms with Crippen molar-refractivity contribution in [3.63, 3.8) is 0 Å². The second-order valence-electron chi connectivity index (χ2n) is 6.27. The van der Waals surface area contributed by atoms with Gasteiger partial charge >= 0.3 is 0 Å². The normalized spacial score (nSPS) is 29.1. The van der Waals surface area contributed by atoms with Crippen molar-refractivity contribution in [2.24, 2.45) is 16.7 Å². The maximum absolute atomic E-state index is 11.9. The summed E-state index contributed by atoms with van der Waals surface area (Å²) >= 11 is 0. The molecule has 0 aromatic rings. The molecule has 0 heterocycles. The zero-order valence-corrected chi connectivity index (χ0v) is 10.8. The van der Waals surface area contributed by atoms with E-state index < -0.39 is 5.41 Å². The Balaban J connectivity index is 2.39. The average molecular weight is 222 g/mol. The first-order valence-corrected chi connectivity index (χ1v) is 5.99. The van der Waals surface area contributed by atoms with Crippen LogP contribution in [0.3, 0.4) is 0 Å². The zero-order chi connectivity index (χ0) is 12.4. The summed E-state index contributed by atoms with van der Waals surface area (Å²) in [5.41, 5.74) is -0.503. The van der Waals surface area contributed by atoms with Gasteiger partial charge in [0, 0.05) is 6.54 Å². The Morgan fingerprint density at radius 1 is 1.50 bits per heavy atom. The molecule has 0 aromatic heterocycles. The molecule has 3 nitrogen and oxygen atoms in total. The van der Waals surface area contributed by atoms with E-state index in [9.17, 15) is 4.79 Å². The van der Waals surface area contributed by atoms with E-state index in [0.29, 0.717) is 25.3 Å². The highest BCUT2D eigenvalue weighted by Crippen LogP contribution is 2.45. The molecule has 1 rings (SSSR count). The van der Waals surface area contributed by atoms with Crippen LogP contribution in [0, 0.1) is 28.1 Å². The first-order valence-electron chi connectivity index (χ1n) is 5.99. The number of carbonyl (C=O) groups excluding carboxylic acids is 1. The van der Waals surface area contributed by atoms with Crippen molar-refractivity contribution in [1.29, 1.82) is 5.26 Å². The van der Waals surface area contributed by atoms with Gasteiger partial charge in [-0.05, 0) is 30.6 Å². The second-order valence-corrected chi connectivity index (χ2v) is 6.27. The van der Waals surface area contributed by atoms with Crippen molar-refractivity contribution in [1.82, 2.24) is 5.32 Å². The number of rotatable bonds is 3. The van der Waals surface area contributed by atoms with Gasteiger partial charge in [0.05, 0.1) is 6.07 Å². The third-order valence-corrected chi connectivity index (χ3v) is 3.20. The van der Waals surface area contributed by atoms with Crippen LogP contribution in [0.5, 0.6) is 0 Å². The second kappa shape index (κ2) is 4.45. The van der Waals surface area contributed by atoms with Gasteiger partial charge in [-0.25, -0.2) is 0 Å². The number of nitriles is 1. The van der Waals surface area contributed by atoms with Crippen molar-refractivity contribution in [2.75, 3.05) is 6.54 Å². The van der Waals surface area contributed by atoms with Crippen LogP contribution >= 0.6 is 0 Å². The van der Waals surface area contributed by atoms with Crippen LogP contribution in [0.2, 0.25) is 0 Å². The van der Waals surface area contributed by atoms with Gasteiger partial charge in [0.1, 0.15) is 5.41 Å². The van der Waals surface area contributed by atoms with E-state index in [2.05, 4.69) is 39.1 Å². The predicted molar refractivity (Wildman–Crippen MR) is 63.5 cm³/mol. The van der Waals surface area contributed by atoms with Crippen LogP contribution in [0.4, 0.5) is 0 Å². The number of hydrogen-bond donors (Lipinski definition) is 1. The molecule has 3 heteroatoms. The van der Waals surface area contributed by atoms with Crippen LogP contribution in [-0.4, -0.2) is 12.5 Å². The molecule has 0 bridgehead atoms. The molecule has 0 spiro atoms. The first kappa shape index (κ1) is 13.0. The first-order chi connectivity index (χ1) is 7.29. The number of nitrogens with one attached hydrogen (secondary N) is 1. The lowest BCUT2D eigenvalue weighted by Gasteiger charge is -2.39. The smallest absolute Gasteiger partial charge is 0.240 e. The molecule has 1 saturated carbocycles. The van der Waals surface area contributed by atoms with Crippen LogP contribution in [-0.2, 0) is 4.79 Å². The molecule has 0 unspecified atom stereocenters. The molecule has 1 aliphatic carbocycles. The summed E-state index contributed by atoms with van der Waals surface area (Å²) in [6.07, 6.45) is 2.37. The molecular formula is C13H22N2O. The monoisotopic (exact) mass is 222 g/mol. The van der Waals surface area contributed by atoms with Gasteiger partial charge in [0.15, 0.2) is 0 Å². The molecule has 0 aliphatic heterocycles. The molecule has 1 fully saturated rings.